The number of aliphatic hydroxyl groups excluding tert-OH is 1. The van der Waals surface area contributed by atoms with E-state index in [1.165, 1.54) is 6.33 Å². The van der Waals surface area contributed by atoms with Gasteiger partial charge in [0.15, 0.2) is 0 Å². The van der Waals surface area contributed by atoms with Gasteiger partial charge in [-0.1, -0.05) is 6.58 Å². The van der Waals surface area contributed by atoms with Gasteiger partial charge in [-0.05, 0) is 49.8 Å². The first-order chi connectivity index (χ1) is 16.1. The fourth-order valence-electron chi connectivity index (χ4n) is 4.78. The molecule has 8 heteroatoms. The highest BCUT2D eigenvalue weighted by Crippen LogP contribution is 2.45. The number of nitriles is 1. The zero-order valence-electron chi connectivity index (χ0n) is 18.7. The molecular weight excluding hydrogens is 416 g/mol. The Hall–Kier alpha value is -3.31. The van der Waals surface area contributed by atoms with Gasteiger partial charge in [-0.2, -0.15) is 5.26 Å². The molecule has 0 spiro atoms. The highest BCUT2D eigenvalue weighted by molar-refractivity contribution is 5.77. The van der Waals surface area contributed by atoms with Crippen LogP contribution < -0.4 is 4.90 Å². The van der Waals surface area contributed by atoms with Gasteiger partial charge in [-0.25, -0.2) is 15.0 Å². The van der Waals surface area contributed by atoms with Crippen molar-refractivity contribution in [2.24, 2.45) is 5.92 Å². The Morgan fingerprint density at radius 1 is 1.24 bits per heavy atom. The Kier molecular flexibility index (Phi) is 5.81. The van der Waals surface area contributed by atoms with Crippen LogP contribution in [0.15, 0.2) is 25.0 Å². The van der Waals surface area contributed by atoms with Crippen LogP contribution in [0.1, 0.15) is 55.0 Å². The molecule has 8 nitrogen and oxygen atoms in total. The topological polar surface area (TPSA) is 106 Å². The van der Waals surface area contributed by atoms with E-state index >= 15 is 0 Å². The number of rotatable bonds is 7. The number of hydrogen-bond acceptors (Lipinski definition) is 7. The molecule has 3 fully saturated rings. The standard InChI is InChI=1S/C25H28N6O2/c1-2-19-12-21(28-15-27-19)20-11-18(13-26)25(29-24(20)17-5-6-17)30-8-9-31(23(33)7-10-32)22(14-30)16-3-4-16/h2,11-12,15-17,22,32H,1,3-10,14H2/t22-/m0/s1. The molecular formula is C25H28N6O2. The number of carbonyl (C=O) groups is 1. The predicted octanol–water partition coefficient (Wildman–Crippen LogP) is 2.74. The van der Waals surface area contributed by atoms with Gasteiger partial charge >= 0.3 is 0 Å². The first-order valence-electron chi connectivity index (χ1n) is 11.7. The second kappa shape index (κ2) is 8.91. The molecule has 3 heterocycles. The number of piperazine rings is 1. The maximum absolute atomic E-state index is 12.6. The molecule has 0 aromatic carbocycles. The normalized spacial score (nSPS) is 20.4. The van der Waals surface area contributed by atoms with Gasteiger partial charge in [0.25, 0.3) is 0 Å². The van der Waals surface area contributed by atoms with E-state index in [9.17, 15) is 15.2 Å². The van der Waals surface area contributed by atoms with E-state index in [0.29, 0.717) is 42.9 Å². The molecule has 0 radical (unpaired) electrons. The lowest BCUT2D eigenvalue weighted by Crippen LogP contribution is -2.56. The number of aromatic nitrogens is 3. The minimum Gasteiger partial charge on any atom is -0.396 e. The molecule has 2 aromatic rings. The Balaban J connectivity index is 1.50. The monoisotopic (exact) mass is 444 g/mol. The van der Waals surface area contributed by atoms with Crippen molar-refractivity contribution in [3.63, 3.8) is 0 Å². The highest BCUT2D eigenvalue weighted by atomic mass is 16.3. The first-order valence-corrected chi connectivity index (χ1v) is 11.7. The fraction of sp³-hybridized carbons (Fsp3) is 0.480. The molecule has 1 saturated heterocycles. The number of carbonyl (C=O) groups excluding carboxylic acids is 1. The van der Waals surface area contributed by atoms with Crippen molar-refractivity contribution in [1.82, 2.24) is 19.9 Å². The molecule has 3 aliphatic rings. The van der Waals surface area contributed by atoms with E-state index in [1.54, 1.807) is 6.08 Å². The second-order valence-corrected chi connectivity index (χ2v) is 9.12. The summed E-state index contributed by atoms with van der Waals surface area (Å²) in [5.74, 6) is 1.58. The smallest absolute Gasteiger partial charge is 0.225 e. The number of anilines is 1. The van der Waals surface area contributed by atoms with Crippen molar-refractivity contribution in [2.75, 3.05) is 31.1 Å². The molecule has 5 rings (SSSR count). The minimum absolute atomic E-state index is 0.0123. The summed E-state index contributed by atoms with van der Waals surface area (Å²) in [5, 5.41) is 19.2. The van der Waals surface area contributed by atoms with Crippen LogP contribution in [0.4, 0.5) is 5.82 Å². The maximum atomic E-state index is 12.6. The second-order valence-electron chi connectivity index (χ2n) is 9.12. The van der Waals surface area contributed by atoms with E-state index in [1.807, 2.05) is 17.0 Å². The van der Waals surface area contributed by atoms with Crippen LogP contribution in [0.2, 0.25) is 0 Å². The third-order valence-corrected chi connectivity index (χ3v) is 6.82. The summed E-state index contributed by atoms with van der Waals surface area (Å²) in [5.41, 5.74) is 3.89. The Morgan fingerprint density at radius 2 is 2.06 bits per heavy atom. The van der Waals surface area contributed by atoms with Crippen molar-refractivity contribution in [1.29, 1.82) is 5.26 Å². The lowest BCUT2D eigenvalue weighted by atomic mass is 10.0. The van der Waals surface area contributed by atoms with Gasteiger partial charge in [0.1, 0.15) is 18.2 Å². The molecule has 33 heavy (non-hydrogen) atoms. The van der Waals surface area contributed by atoms with Crippen LogP contribution in [0, 0.1) is 17.2 Å². The third-order valence-electron chi connectivity index (χ3n) is 6.82. The summed E-state index contributed by atoms with van der Waals surface area (Å²) >= 11 is 0. The van der Waals surface area contributed by atoms with E-state index in [0.717, 1.165) is 48.3 Å². The van der Waals surface area contributed by atoms with Crippen LogP contribution in [-0.2, 0) is 4.79 Å². The predicted molar refractivity (Wildman–Crippen MR) is 124 cm³/mol. The summed E-state index contributed by atoms with van der Waals surface area (Å²) in [6, 6.07) is 6.25. The van der Waals surface area contributed by atoms with Gasteiger partial charge in [-0.3, -0.25) is 4.79 Å². The van der Waals surface area contributed by atoms with Crippen molar-refractivity contribution in [3.8, 4) is 17.3 Å². The molecule has 1 atom stereocenters. The van der Waals surface area contributed by atoms with Crippen LogP contribution in [0.3, 0.4) is 0 Å². The molecule has 1 aliphatic heterocycles. The Labute approximate surface area is 193 Å². The third kappa shape index (κ3) is 4.33. The molecule has 2 saturated carbocycles. The molecule has 170 valence electrons. The summed E-state index contributed by atoms with van der Waals surface area (Å²) in [7, 11) is 0. The molecule has 2 aliphatic carbocycles. The summed E-state index contributed by atoms with van der Waals surface area (Å²) in [6.45, 7) is 5.55. The van der Waals surface area contributed by atoms with Crippen molar-refractivity contribution in [2.45, 2.75) is 44.1 Å². The molecule has 1 amide bonds. The SMILES string of the molecule is C=Cc1cc(-c2cc(C#N)c(N3CCN(C(=O)CCO)[C@H](C4CC4)C3)nc2C2CC2)ncn1. The van der Waals surface area contributed by atoms with E-state index in [4.69, 9.17) is 4.98 Å². The molecule has 1 N–H and O–H groups in total. The van der Waals surface area contributed by atoms with E-state index < -0.39 is 0 Å². The van der Waals surface area contributed by atoms with Crippen molar-refractivity contribution >= 4 is 17.8 Å². The van der Waals surface area contributed by atoms with Gasteiger partial charge in [0.05, 0.1) is 35.3 Å². The molecule has 2 aromatic heterocycles. The lowest BCUT2D eigenvalue weighted by molar-refractivity contribution is -0.135. The number of nitrogens with zero attached hydrogens (tertiary/aromatic N) is 6. The number of pyridine rings is 1. The first kappa shape index (κ1) is 21.5. The largest absolute Gasteiger partial charge is 0.396 e. The fourth-order valence-corrected chi connectivity index (χ4v) is 4.78. The highest BCUT2D eigenvalue weighted by Gasteiger charge is 2.41. The van der Waals surface area contributed by atoms with E-state index in [-0.39, 0.29) is 25.0 Å². The summed E-state index contributed by atoms with van der Waals surface area (Å²) in [4.78, 5) is 30.4. The van der Waals surface area contributed by atoms with Gasteiger partial charge in [0, 0.05) is 37.5 Å². The average molecular weight is 445 g/mol. The van der Waals surface area contributed by atoms with Crippen LogP contribution in [0.25, 0.3) is 17.3 Å². The Morgan fingerprint density at radius 3 is 2.73 bits per heavy atom. The van der Waals surface area contributed by atoms with Crippen LogP contribution >= 0.6 is 0 Å². The van der Waals surface area contributed by atoms with Gasteiger partial charge < -0.3 is 14.9 Å². The maximum Gasteiger partial charge on any atom is 0.225 e. The van der Waals surface area contributed by atoms with Gasteiger partial charge in [-0.15, -0.1) is 0 Å². The minimum atomic E-state index is -0.126. The number of aliphatic hydroxyl groups is 1. The Bertz CT molecular complexity index is 1120. The van der Waals surface area contributed by atoms with Crippen molar-refractivity contribution < 1.29 is 9.90 Å². The summed E-state index contributed by atoms with van der Waals surface area (Å²) < 4.78 is 0. The van der Waals surface area contributed by atoms with Crippen LogP contribution in [0.5, 0.6) is 0 Å². The zero-order chi connectivity index (χ0) is 22.9. The molecule has 0 bridgehead atoms. The summed E-state index contributed by atoms with van der Waals surface area (Å²) in [6.07, 6.45) is 7.77. The van der Waals surface area contributed by atoms with E-state index in [2.05, 4.69) is 27.5 Å². The molecule has 0 unspecified atom stereocenters. The van der Waals surface area contributed by atoms with Crippen molar-refractivity contribution in [3.05, 3.63) is 42.0 Å². The number of amides is 1. The number of hydrogen-bond donors (Lipinski definition) is 1. The quantitative estimate of drug-likeness (QED) is 0.700. The van der Waals surface area contributed by atoms with Gasteiger partial charge in [0.2, 0.25) is 5.91 Å². The lowest BCUT2D eigenvalue weighted by Gasteiger charge is -2.42. The average Bonchev–Trinajstić information content (AvgIpc) is 3.76. The zero-order valence-corrected chi connectivity index (χ0v) is 18.7. The van der Waals surface area contributed by atoms with Crippen LogP contribution in [-0.4, -0.2) is 63.1 Å².